The van der Waals surface area contributed by atoms with Crippen molar-refractivity contribution in [2.45, 2.75) is 32.6 Å². The molecular weight excluding hydrogens is 390 g/mol. The van der Waals surface area contributed by atoms with Gasteiger partial charge in [-0.2, -0.15) is 0 Å². The third kappa shape index (κ3) is 4.61. The molecule has 5 heteroatoms. The number of aryl methyl sites for hydroxylation is 1. The zero-order valence-electron chi connectivity index (χ0n) is 17.5. The first-order valence-electron chi connectivity index (χ1n) is 10.5. The number of allylic oxidation sites excluding steroid dienone is 3. The zero-order chi connectivity index (χ0) is 21.8. The minimum atomic E-state index is -0.893. The molecule has 158 valence electrons. The molecule has 4 rings (SSSR count). The molecule has 0 aliphatic heterocycles. The molecule has 0 saturated carbocycles. The molecular formula is C26H25NO4. The highest BCUT2D eigenvalue weighted by atomic mass is 16.5. The summed E-state index contributed by atoms with van der Waals surface area (Å²) >= 11 is 0. The standard InChI is InChI=1S/C26H25NO4/c1-18-16-23-21(17-25(28)29)8-5-9-24(23)27(18)26(30)20-10-12-22(13-11-20)31-15-14-19-6-3-2-4-7-19/h3,5-13,16H,2,4,14-15,17H2,1H3,(H,28,29). The lowest BCUT2D eigenvalue weighted by Crippen LogP contribution is -2.13. The summed E-state index contributed by atoms with van der Waals surface area (Å²) in [5.41, 5.74) is 4.04. The number of nitrogens with zero attached hydrogens (tertiary/aromatic N) is 1. The third-order valence-corrected chi connectivity index (χ3v) is 5.50. The van der Waals surface area contributed by atoms with E-state index in [4.69, 9.17) is 9.84 Å². The van der Waals surface area contributed by atoms with E-state index in [0.717, 1.165) is 41.6 Å². The fourth-order valence-electron chi connectivity index (χ4n) is 3.97. The second-order valence-electron chi connectivity index (χ2n) is 7.73. The summed E-state index contributed by atoms with van der Waals surface area (Å²) in [6.07, 6.45) is 9.58. The Bertz CT molecular complexity index is 1180. The topological polar surface area (TPSA) is 68.5 Å². The second-order valence-corrected chi connectivity index (χ2v) is 7.73. The maximum atomic E-state index is 13.2. The van der Waals surface area contributed by atoms with Crippen molar-refractivity contribution in [1.82, 2.24) is 4.57 Å². The summed E-state index contributed by atoms with van der Waals surface area (Å²) in [5, 5.41) is 9.95. The lowest BCUT2D eigenvalue weighted by atomic mass is 10.1. The van der Waals surface area contributed by atoms with Crippen molar-refractivity contribution in [3.8, 4) is 5.75 Å². The van der Waals surface area contributed by atoms with Gasteiger partial charge < -0.3 is 9.84 Å². The number of rotatable bonds is 7. The highest BCUT2D eigenvalue weighted by Gasteiger charge is 2.17. The fourth-order valence-corrected chi connectivity index (χ4v) is 3.97. The minimum absolute atomic E-state index is 0.0757. The van der Waals surface area contributed by atoms with Crippen LogP contribution in [0.3, 0.4) is 0 Å². The van der Waals surface area contributed by atoms with Crippen molar-refractivity contribution >= 4 is 22.8 Å². The largest absolute Gasteiger partial charge is 0.493 e. The van der Waals surface area contributed by atoms with Crippen molar-refractivity contribution < 1.29 is 19.4 Å². The Kier molecular flexibility index (Phi) is 6.03. The van der Waals surface area contributed by atoms with Crippen LogP contribution in [0.5, 0.6) is 5.75 Å². The van der Waals surface area contributed by atoms with Gasteiger partial charge in [0.05, 0.1) is 18.5 Å². The van der Waals surface area contributed by atoms with Gasteiger partial charge >= 0.3 is 5.97 Å². The Morgan fingerprint density at radius 3 is 2.61 bits per heavy atom. The van der Waals surface area contributed by atoms with Crippen LogP contribution in [0.25, 0.3) is 10.9 Å². The monoisotopic (exact) mass is 415 g/mol. The lowest BCUT2D eigenvalue weighted by Gasteiger charge is -2.10. The predicted molar refractivity (Wildman–Crippen MR) is 121 cm³/mol. The van der Waals surface area contributed by atoms with Gasteiger partial charge in [-0.15, -0.1) is 0 Å². The van der Waals surface area contributed by atoms with Crippen LogP contribution < -0.4 is 4.74 Å². The number of carboxylic acid groups (broad SMARTS) is 1. The van der Waals surface area contributed by atoms with Crippen molar-refractivity contribution in [3.05, 3.63) is 89.2 Å². The molecule has 0 unspecified atom stereocenters. The molecule has 31 heavy (non-hydrogen) atoms. The third-order valence-electron chi connectivity index (χ3n) is 5.50. The first kappa shape index (κ1) is 20.7. The van der Waals surface area contributed by atoms with Crippen LogP contribution in [0.4, 0.5) is 0 Å². The molecule has 3 aromatic rings. The van der Waals surface area contributed by atoms with E-state index in [0.29, 0.717) is 17.7 Å². The summed E-state index contributed by atoms with van der Waals surface area (Å²) in [6, 6.07) is 14.5. The van der Waals surface area contributed by atoms with Crippen LogP contribution in [0.2, 0.25) is 0 Å². The minimum Gasteiger partial charge on any atom is -0.493 e. The van der Waals surface area contributed by atoms with E-state index >= 15 is 0 Å². The van der Waals surface area contributed by atoms with Gasteiger partial charge in [0.1, 0.15) is 5.75 Å². The number of benzene rings is 2. The lowest BCUT2D eigenvalue weighted by molar-refractivity contribution is -0.136. The van der Waals surface area contributed by atoms with Gasteiger partial charge in [-0.25, -0.2) is 0 Å². The molecule has 0 fully saturated rings. The van der Waals surface area contributed by atoms with Crippen LogP contribution in [-0.2, 0) is 11.2 Å². The Morgan fingerprint density at radius 2 is 1.90 bits per heavy atom. The van der Waals surface area contributed by atoms with Crippen LogP contribution in [0, 0.1) is 6.92 Å². The summed E-state index contributed by atoms with van der Waals surface area (Å²) in [7, 11) is 0. The number of aromatic nitrogens is 1. The molecule has 0 saturated heterocycles. The van der Waals surface area contributed by atoms with E-state index in [2.05, 4.69) is 18.2 Å². The average molecular weight is 415 g/mol. The Balaban J connectivity index is 1.50. The van der Waals surface area contributed by atoms with Gasteiger partial charge in [-0.3, -0.25) is 14.2 Å². The van der Waals surface area contributed by atoms with Gasteiger partial charge in [-0.1, -0.05) is 30.4 Å². The van der Waals surface area contributed by atoms with Crippen molar-refractivity contribution in [2.75, 3.05) is 6.61 Å². The number of ether oxygens (including phenoxy) is 1. The van der Waals surface area contributed by atoms with Crippen LogP contribution in [0.1, 0.15) is 40.9 Å². The number of hydrogen-bond donors (Lipinski definition) is 1. The van der Waals surface area contributed by atoms with Crippen molar-refractivity contribution in [3.63, 3.8) is 0 Å². The highest BCUT2D eigenvalue weighted by Crippen LogP contribution is 2.25. The number of fused-ring (bicyclic) bond motifs is 1. The van der Waals surface area contributed by atoms with Crippen LogP contribution in [0.15, 0.2) is 72.3 Å². The molecule has 5 nitrogen and oxygen atoms in total. The molecule has 0 spiro atoms. The molecule has 0 bridgehead atoms. The van der Waals surface area contributed by atoms with Crippen LogP contribution in [-0.4, -0.2) is 28.2 Å². The normalized spacial score (nSPS) is 13.3. The van der Waals surface area contributed by atoms with Gasteiger partial charge in [0.15, 0.2) is 0 Å². The molecule has 1 heterocycles. The Labute approximate surface area is 181 Å². The zero-order valence-corrected chi connectivity index (χ0v) is 17.5. The van der Waals surface area contributed by atoms with E-state index in [1.807, 2.05) is 31.2 Å². The Hall–Kier alpha value is -3.60. The number of carboxylic acids is 1. The van der Waals surface area contributed by atoms with Crippen molar-refractivity contribution in [1.29, 1.82) is 0 Å². The number of carbonyl (C=O) groups is 2. The quantitative estimate of drug-likeness (QED) is 0.568. The van der Waals surface area contributed by atoms with Gasteiger partial charge in [0.25, 0.3) is 5.91 Å². The number of aliphatic carboxylic acids is 1. The molecule has 0 atom stereocenters. The fraction of sp³-hybridized carbons (Fsp3) is 0.231. The molecule has 1 aromatic heterocycles. The molecule has 2 aromatic carbocycles. The predicted octanol–water partition coefficient (Wildman–Crippen LogP) is 5.31. The number of hydrogen-bond acceptors (Lipinski definition) is 3. The maximum absolute atomic E-state index is 13.2. The van der Waals surface area contributed by atoms with E-state index in [-0.39, 0.29) is 12.3 Å². The van der Waals surface area contributed by atoms with Gasteiger partial charge in [-0.05, 0) is 67.3 Å². The SMILES string of the molecule is Cc1cc2c(CC(=O)O)cccc2n1C(=O)c1ccc(OCCC2=CCCC=C2)cc1. The molecule has 0 amide bonds. The first-order valence-corrected chi connectivity index (χ1v) is 10.5. The van der Waals surface area contributed by atoms with E-state index in [9.17, 15) is 9.59 Å². The summed E-state index contributed by atoms with van der Waals surface area (Å²) in [4.78, 5) is 24.4. The summed E-state index contributed by atoms with van der Waals surface area (Å²) < 4.78 is 7.47. The summed E-state index contributed by atoms with van der Waals surface area (Å²) in [6.45, 7) is 2.45. The Morgan fingerprint density at radius 1 is 1.10 bits per heavy atom. The number of carbonyl (C=O) groups excluding carboxylic acids is 1. The summed E-state index contributed by atoms with van der Waals surface area (Å²) in [5.74, 6) is -0.311. The average Bonchev–Trinajstić information content (AvgIpc) is 3.11. The van der Waals surface area contributed by atoms with E-state index in [1.54, 1.807) is 28.8 Å². The molecule has 0 radical (unpaired) electrons. The smallest absolute Gasteiger partial charge is 0.307 e. The molecule has 1 aliphatic carbocycles. The van der Waals surface area contributed by atoms with Gasteiger partial charge in [0.2, 0.25) is 0 Å². The van der Waals surface area contributed by atoms with Crippen molar-refractivity contribution in [2.24, 2.45) is 0 Å². The molecule has 1 aliphatic rings. The first-order chi connectivity index (χ1) is 15.0. The van der Waals surface area contributed by atoms with E-state index in [1.165, 1.54) is 5.57 Å². The van der Waals surface area contributed by atoms with E-state index < -0.39 is 5.97 Å². The molecule has 1 N–H and O–H groups in total. The van der Waals surface area contributed by atoms with Gasteiger partial charge in [0, 0.05) is 23.1 Å². The maximum Gasteiger partial charge on any atom is 0.307 e. The van der Waals surface area contributed by atoms with Crippen LogP contribution >= 0.6 is 0 Å². The second kappa shape index (κ2) is 9.04. The highest BCUT2D eigenvalue weighted by molar-refractivity contribution is 6.04.